The molecule has 0 radical (unpaired) electrons. The highest BCUT2D eigenvalue weighted by Crippen LogP contribution is 2.26. The second-order valence-corrected chi connectivity index (χ2v) is 6.07. The minimum Gasteiger partial charge on any atom is -0.491 e. The van der Waals surface area contributed by atoms with E-state index < -0.39 is 6.10 Å². The first kappa shape index (κ1) is 16.0. The number of likely N-dealkylation sites (tertiary alicyclic amines) is 1. The van der Waals surface area contributed by atoms with Gasteiger partial charge in [0.15, 0.2) is 0 Å². The highest BCUT2D eigenvalue weighted by atomic mass is 19.1. The molecule has 2 aromatic carbocycles. The summed E-state index contributed by atoms with van der Waals surface area (Å²) in [5, 5.41) is 10.1. The molecule has 0 amide bonds. The van der Waals surface area contributed by atoms with Crippen LogP contribution in [0.3, 0.4) is 0 Å². The molecule has 4 heteroatoms. The van der Waals surface area contributed by atoms with E-state index in [9.17, 15) is 9.50 Å². The van der Waals surface area contributed by atoms with Crippen LogP contribution >= 0.6 is 0 Å². The van der Waals surface area contributed by atoms with Gasteiger partial charge in [-0.25, -0.2) is 4.39 Å². The molecule has 1 saturated heterocycles. The molecule has 0 spiro atoms. The Bertz CT molecular complexity index is 603. The molecule has 0 aromatic heterocycles. The third kappa shape index (κ3) is 4.53. The minimum absolute atomic E-state index is 0.220. The lowest BCUT2D eigenvalue weighted by Gasteiger charge is -2.20. The SMILES string of the molecule is O[C@@H](COc1ccc(F)cc1)CN1CC[C@@H](c2ccccc2)C1. The molecule has 0 unspecified atom stereocenters. The Morgan fingerprint density at radius 3 is 2.61 bits per heavy atom. The van der Waals surface area contributed by atoms with Crippen molar-refractivity contribution >= 4 is 0 Å². The van der Waals surface area contributed by atoms with E-state index in [2.05, 4.69) is 29.2 Å². The van der Waals surface area contributed by atoms with Crippen molar-refractivity contribution in [1.29, 1.82) is 0 Å². The standard InChI is InChI=1S/C19H22FNO2/c20-17-6-8-19(9-7-17)23-14-18(22)13-21-11-10-16(12-21)15-4-2-1-3-5-15/h1-9,16,18,22H,10-14H2/t16-,18-/m1/s1. The zero-order chi connectivity index (χ0) is 16.1. The van der Waals surface area contributed by atoms with Gasteiger partial charge in [0.2, 0.25) is 0 Å². The van der Waals surface area contributed by atoms with Crippen LogP contribution in [-0.2, 0) is 0 Å². The lowest BCUT2D eigenvalue weighted by atomic mass is 9.99. The number of aliphatic hydroxyl groups excluding tert-OH is 1. The van der Waals surface area contributed by atoms with Crippen molar-refractivity contribution in [3.63, 3.8) is 0 Å². The molecule has 0 saturated carbocycles. The molecule has 1 aliphatic rings. The van der Waals surface area contributed by atoms with Crippen molar-refractivity contribution in [2.75, 3.05) is 26.2 Å². The van der Waals surface area contributed by atoms with Crippen molar-refractivity contribution < 1.29 is 14.2 Å². The second kappa shape index (κ2) is 7.57. The molecule has 122 valence electrons. The summed E-state index contributed by atoms with van der Waals surface area (Å²) >= 11 is 0. The van der Waals surface area contributed by atoms with Gasteiger partial charge in [0.25, 0.3) is 0 Å². The van der Waals surface area contributed by atoms with Gasteiger partial charge in [0.05, 0.1) is 0 Å². The zero-order valence-electron chi connectivity index (χ0n) is 13.1. The van der Waals surface area contributed by atoms with Crippen LogP contribution in [0, 0.1) is 5.82 Å². The van der Waals surface area contributed by atoms with Crippen LogP contribution in [0.15, 0.2) is 54.6 Å². The third-order valence-corrected chi connectivity index (χ3v) is 4.27. The van der Waals surface area contributed by atoms with Gasteiger partial charge in [0, 0.05) is 13.1 Å². The first-order valence-electron chi connectivity index (χ1n) is 8.04. The van der Waals surface area contributed by atoms with Gasteiger partial charge < -0.3 is 14.7 Å². The van der Waals surface area contributed by atoms with Crippen molar-refractivity contribution in [1.82, 2.24) is 4.90 Å². The minimum atomic E-state index is -0.547. The van der Waals surface area contributed by atoms with Gasteiger partial charge >= 0.3 is 0 Å². The summed E-state index contributed by atoms with van der Waals surface area (Å²) in [5.41, 5.74) is 1.37. The van der Waals surface area contributed by atoms with E-state index >= 15 is 0 Å². The number of β-amino-alcohol motifs (C(OH)–C–C–N with tert-alkyl or cyclic N) is 1. The average molecular weight is 315 g/mol. The number of aliphatic hydroxyl groups is 1. The lowest BCUT2D eigenvalue weighted by molar-refractivity contribution is 0.0754. The smallest absolute Gasteiger partial charge is 0.123 e. The van der Waals surface area contributed by atoms with E-state index in [0.29, 0.717) is 18.2 Å². The fourth-order valence-electron chi connectivity index (χ4n) is 3.07. The van der Waals surface area contributed by atoms with E-state index in [0.717, 1.165) is 19.5 Å². The number of rotatable bonds is 6. The summed E-state index contributed by atoms with van der Waals surface area (Å²) < 4.78 is 18.3. The predicted molar refractivity (Wildman–Crippen MR) is 88.1 cm³/mol. The summed E-state index contributed by atoms with van der Waals surface area (Å²) in [7, 11) is 0. The molecule has 0 bridgehead atoms. The number of ether oxygens (including phenoxy) is 1. The number of benzene rings is 2. The van der Waals surface area contributed by atoms with Crippen molar-refractivity contribution in [3.8, 4) is 5.75 Å². The molecular weight excluding hydrogens is 293 g/mol. The fraction of sp³-hybridized carbons (Fsp3) is 0.368. The van der Waals surface area contributed by atoms with Gasteiger partial charge in [0.1, 0.15) is 24.3 Å². The normalized spacial score (nSPS) is 19.7. The first-order chi connectivity index (χ1) is 11.2. The molecule has 23 heavy (non-hydrogen) atoms. The highest BCUT2D eigenvalue weighted by Gasteiger charge is 2.25. The van der Waals surface area contributed by atoms with Crippen LogP contribution in [0.5, 0.6) is 5.75 Å². The number of halogens is 1. The average Bonchev–Trinajstić information content (AvgIpc) is 3.04. The van der Waals surface area contributed by atoms with Gasteiger partial charge in [-0.1, -0.05) is 30.3 Å². The summed E-state index contributed by atoms with van der Waals surface area (Å²) in [5.74, 6) is 0.831. The van der Waals surface area contributed by atoms with Gasteiger partial charge in [-0.2, -0.15) is 0 Å². The quantitative estimate of drug-likeness (QED) is 0.889. The molecule has 1 N–H and O–H groups in total. The maximum absolute atomic E-state index is 12.8. The van der Waals surface area contributed by atoms with Crippen LogP contribution in [0.2, 0.25) is 0 Å². The lowest BCUT2D eigenvalue weighted by Crippen LogP contribution is -2.34. The summed E-state index contributed by atoms with van der Waals surface area (Å²) in [4.78, 5) is 2.27. The zero-order valence-corrected chi connectivity index (χ0v) is 13.1. The Labute approximate surface area is 136 Å². The Morgan fingerprint density at radius 2 is 1.87 bits per heavy atom. The molecule has 3 nitrogen and oxygen atoms in total. The van der Waals surface area contributed by atoms with E-state index in [1.54, 1.807) is 12.1 Å². The molecule has 2 atom stereocenters. The van der Waals surface area contributed by atoms with Gasteiger partial charge in [-0.05, 0) is 48.7 Å². The first-order valence-corrected chi connectivity index (χ1v) is 8.04. The number of hydrogen-bond acceptors (Lipinski definition) is 3. The van der Waals surface area contributed by atoms with Crippen molar-refractivity contribution in [3.05, 3.63) is 66.0 Å². The fourth-order valence-corrected chi connectivity index (χ4v) is 3.07. The Balaban J connectivity index is 1.44. The van der Waals surface area contributed by atoms with Crippen LogP contribution in [-0.4, -0.2) is 42.4 Å². The molecule has 3 rings (SSSR count). The van der Waals surface area contributed by atoms with Gasteiger partial charge in [-0.15, -0.1) is 0 Å². The van der Waals surface area contributed by atoms with Crippen LogP contribution < -0.4 is 4.74 Å². The molecule has 0 aliphatic carbocycles. The van der Waals surface area contributed by atoms with E-state index in [-0.39, 0.29) is 12.4 Å². The number of hydrogen-bond donors (Lipinski definition) is 1. The monoisotopic (exact) mass is 315 g/mol. The van der Waals surface area contributed by atoms with Crippen LogP contribution in [0.4, 0.5) is 4.39 Å². The topological polar surface area (TPSA) is 32.7 Å². The maximum Gasteiger partial charge on any atom is 0.123 e. The molecule has 2 aromatic rings. The van der Waals surface area contributed by atoms with Crippen molar-refractivity contribution in [2.24, 2.45) is 0 Å². The molecule has 1 aliphatic heterocycles. The van der Waals surface area contributed by atoms with Gasteiger partial charge in [-0.3, -0.25) is 0 Å². The van der Waals surface area contributed by atoms with E-state index in [1.807, 2.05) is 6.07 Å². The third-order valence-electron chi connectivity index (χ3n) is 4.27. The molecule has 1 heterocycles. The number of nitrogens with zero attached hydrogens (tertiary/aromatic N) is 1. The largest absolute Gasteiger partial charge is 0.491 e. The van der Waals surface area contributed by atoms with E-state index in [4.69, 9.17) is 4.74 Å². The maximum atomic E-state index is 12.8. The Hall–Kier alpha value is -1.91. The predicted octanol–water partition coefficient (Wildman–Crippen LogP) is 3.05. The Morgan fingerprint density at radius 1 is 1.13 bits per heavy atom. The molecule has 1 fully saturated rings. The second-order valence-electron chi connectivity index (χ2n) is 6.07. The summed E-state index contributed by atoms with van der Waals surface area (Å²) in [6.07, 6.45) is 0.574. The summed E-state index contributed by atoms with van der Waals surface area (Å²) in [6.45, 7) is 2.79. The van der Waals surface area contributed by atoms with Crippen molar-refractivity contribution in [2.45, 2.75) is 18.4 Å². The molecular formula is C19H22FNO2. The van der Waals surface area contributed by atoms with Crippen LogP contribution in [0.1, 0.15) is 17.9 Å². The van der Waals surface area contributed by atoms with E-state index in [1.165, 1.54) is 17.7 Å². The highest BCUT2D eigenvalue weighted by molar-refractivity contribution is 5.22. The Kier molecular flexibility index (Phi) is 5.26. The van der Waals surface area contributed by atoms with Crippen LogP contribution in [0.25, 0.3) is 0 Å². The summed E-state index contributed by atoms with van der Waals surface area (Å²) in [6, 6.07) is 16.4.